The lowest BCUT2D eigenvalue weighted by Crippen LogP contribution is -2.41. The molecule has 0 atom stereocenters. The van der Waals surface area contributed by atoms with E-state index in [1.165, 1.54) is 0 Å². The summed E-state index contributed by atoms with van der Waals surface area (Å²) >= 11 is 0. The Kier molecular flexibility index (Phi) is 5.07. The van der Waals surface area contributed by atoms with E-state index >= 15 is 0 Å². The number of carbonyl (C=O) groups excluding carboxylic acids is 1. The largest absolute Gasteiger partial charge is 0.495 e. The minimum Gasteiger partial charge on any atom is -0.495 e. The van der Waals surface area contributed by atoms with Crippen LogP contribution in [0.25, 0.3) is 0 Å². The molecule has 1 amide bonds. The number of carbonyl (C=O) groups is 1. The summed E-state index contributed by atoms with van der Waals surface area (Å²) in [4.78, 5) is 14.6. The smallest absolute Gasteiger partial charge is 0.251 e. The van der Waals surface area contributed by atoms with Crippen molar-refractivity contribution >= 4 is 11.6 Å². The fourth-order valence-electron chi connectivity index (χ4n) is 2.86. The van der Waals surface area contributed by atoms with Crippen LogP contribution >= 0.6 is 0 Å². The Morgan fingerprint density at radius 1 is 1.29 bits per heavy atom. The second kappa shape index (κ2) is 6.80. The molecular weight excluding hydrogens is 266 g/mol. The van der Waals surface area contributed by atoms with Crippen LogP contribution in [0.2, 0.25) is 0 Å². The quantitative estimate of drug-likeness (QED) is 0.831. The Hall–Kier alpha value is -1.75. The molecule has 0 spiro atoms. The molecule has 5 heteroatoms. The lowest BCUT2D eigenvalue weighted by molar-refractivity contribution is 0.0916. The number of benzene rings is 1. The van der Waals surface area contributed by atoms with Crippen molar-refractivity contribution in [1.82, 2.24) is 10.2 Å². The van der Waals surface area contributed by atoms with Crippen molar-refractivity contribution < 1.29 is 9.53 Å². The van der Waals surface area contributed by atoms with Crippen molar-refractivity contribution in [3.05, 3.63) is 23.8 Å². The summed E-state index contributed by atoms with van der Waals surface area (Å²) in [5.74, 6) is 0.487. The molecule has 2 rings (SSSR count). The Morgan fingerprint density at radius 2 is 1.95 bits per heavy atom. The Labute approximate surface area is 126 Å². The van der Waals surface area contributed by atoms with Gasteiger partial charge in [-0.15, -0.1) is 0 Å². The number of methoxy groups -OCH3 is 1. The zero-order valence-electron chi connectivity index (χ0n) is 13.1. The number of nitrogens with zero attached hydrogens (tertiary/aromatic N) is 1. The van der Waals surface area contributed by atoms with E-state index in [9.17, 15) is 4.79 Å². The van der Waals surface area contributed by atoms with Gasteiger partial charge in [-0.1, -0.05) is 0 Å². The summed E-state index contributed by atoms with van der Waals surface area (Å²) < 4.78 is 5.16. The number of rotatable bonds is 4. The number of hydrogen-bond acceptors (Lipinski definition) is 4. The van der Waals surface area contributed by atoms with Gasteiger partial charge in [-0.3, -0.25) is 4.79 Å². The Bertz CT molecular complexity index is 494. The molecule has 5 nitrogen and oxygen atoms in total. The predicted molar refractivity (Wildman–Crippen MR) is 84.6 cm³/mol. The fraction of sp³-hybridized carbons (Fsp3) is 0.562. The van der Waals surface area contributed by atoms with E-state index in [1.807, 2.05) is 0 Å². The van der Waals surface area contributed by atoms with Gasteiger partial charge in [0.25, 0.3) is 5.91 Å². The van der Waals surface area contributed by atoms with E-state index in [0.29, 0.717) is 23.0 Å². The molecule has 1 aliphatic carbocycles. The average molecular weight is 291 g/mol. The van der Waals surface area contributed by atoms with E-state index in [1.54, 1.807) is 25.3 Å². The van der Waals surface area contributed by atoms with Crippen molar-refractivity contribution in [2.45, 2.75) is 37.8 Å². The third kappa shape index (κ3) is 3.88. The molecule has 0 aromatic heterocycles. The van der Waals surface area contributed by atoms with Crippen LogP contribution in [0.4, 0.5) is 5.69 Å². The number of nitrogen functional groups attached to an aromatic ring is 1. The maximum atomic E-state index is 12.3. The molecule has 0 heterocycles. The van der Waals surface area contributed by atoms with Gasteiger partial charge in [-0.05, 0) is 58.0 Å². The zero-order chi connectivity index (χ0) is 15.4. The predicted octanol–water partition coefficient (Wildman–Crippen LogP) is 1.88. The minimum atomic E-state index is -0.0541. The van der Waals surface area contributed by atoms with E-state index < -0.39 is 0 Å². The third-order valence-corrected chi connectivity index (χ3v) is 4.26. The van der Waals surface area contributed by atoms with E-state index in [-0.39, 0.29) is 11.9 Å². The maximum Gasteiger partial charge on any atom is 0.251 e. The molecule has 3 N–H and O–H groups in total. The molecule has 1 aliphatic rings. The molecule has 1 aromatic carbocycles. The maximum absolute atomic E-state index is 12.3. The monoisotopic (exact) mass is 291 g/mol. The van der Waals surface area contributed by atoms with Gasteiger partial charge in [0.1, 0.15) is 5.75 Å². The second-order valence-corrected chi connectivity index (χ2v) is 5.90. The number of anilines is 1. The Morgan fingerprint density at radius 3 is 2.52 bits per heavy atom. The van der Waals surface area contributed by atoms with Crippen LogP contribution in [0.3, 0.4) is 0 Å². The van der Waals surface area contributed by atoms with Gasteiger partial charge in [0.05, 0.1) is 12.8 Å². The number of nitrogens with two attached hydrogens (primary N) is 1. The Balaban J connectivity index is 1.93. The normalized spacial score (nSPS) is 22.1. The lowest BCUT2D eigenvalue weighted by atomic mass is 9.90. The summed E-state index contributed by atoms with van der Waals surface area (Å²) in [6, 6.07) is 6.03. The number of hydrogen-bond donors (Lipinski definition) is 2. The molecule has 0 radical (unpaired) electrons. The first-order valence-electron chi connectivity index (χ1n) is 7.42. The molecule has 116 valence electrons. The van der Waals surface area contributed by atoms with Crippen LogP contribution in [0.15, 0.2) is 18.2 Å². The van der Waals surface area contributed by atoms with Gasteiger partial charge in [0.15, 0.2) is 0 Å². The molecule has 0 saturated heterocycles. The standard InChI is InChI=1S/C16H25N3O2/c1-19(2)13-7-5-12(6-8-13)18-16(20)11-4-9-14(17)15(10-11)21-3/h4,9-10,12-13H,5-8,17H2,1-3H3,(H,18,20). The highest BCUT2D eigenvalue weighted by atomic mass is 16.5. The first-order chi connectivity index (χ1) is 10.0. The summed E-state index contributed by atoms with van der Waals surface area (Å²) in [5, 5.41) is 3.11. The van der Waals surface area contributed by atoms with E-state index in [2.05, 4.69) is 24.3 Å². The molecule has 1 aromatic rings. The summed E-state index contributed by atoms with van der Waals surface area (Å²) in [7, 11) is 5.78. The molecule has 0 unspecified atom stereocenters. The van der Waals surface area contributed by atoms with Crippen LogP contribution < -0.4 is 15.8 Å². The van der Waals surface area contributed by atoms with Crippen molar-refractivity contribution in [1.29, 1.82) is 0 Å². The van der Waals surface area contributed by atoms with Crippen molar-refractivity contribution in [3.8, 4) is 5.75 Å². The van der Waals surface area contributed by atoms with Crippen LogP contribution in [-0.4, -0.2) is 44.1 Å². The third-order valence-electron chi connectivity index (χ3n) is 4.26. The highest BCUT2D eigenvalue weighted by Crippen LogP contribution is 2.24. The molecular formula is C16H25N3O2. The molecule has 1 fully saturated rings. The second-order valence-electron chi connectivity index (χ2n) is 5.90. The summed E-state index contributed by atoms with van der Waals surface area (Å²) in [6.07, 6.45) is 4.31. The van der Waals surface area contributed by atoms with Crippen molar-refractivity contribution in [2.24, 2.45) is 0 Å². The lowest BCUT2D eigenvalue weighted by Gasteiger charge is -2.33. The van der Waals surface area contributed by atoms with E-state index in [0.717, 1.165) is 25.7 Å². The van der Waals surface area contributed by atoms with Crippen LogP contribution in [0, 0.1) is 0 Å². The van der Waals surface area contributed by atoms with Gasteiger partial charge < -0.3 is 20.7 Å². The topological polar surface area (TPSA) is 67.6 Å². The molecule has 21 heavy (non-hydrogen) atoms. The van der Waals surface area contributed by atoms with Gasteiger partial charge in [0, 0.05) is 17.6 Å². The zero-order valence-corrected chi connectivity index (χ0v) is 13.1. The SMILES string of the molecule is COc1cc(C(=O)NC2CCC(N(C)C)CC2)ccc1N. The fourth-order valence-corrected chi connectivity index (χ4v) is 2.86. The van der Waals surface area contributed by atoms with E-state index in [4.69, 9.17) is 10.5 Å². The number of ether oxygens (including phenoxy) is 1. The van der Waals surface area contributed by atoms with Gasteiger partial charge in [-0.25, -0.2) is 0 Å². The van der Waals surface area contributed by atoms with Crippen molar-refractivity contribution in [2.75, 3.05) is 26.9 Å². The minimum absolute atomic E-state index is 0.0541. The average Bonchev–Trinajstić information content (AvgIpc) is 2.48. The van der Waals surface area contributed by atoms with Gasteiger partial charge in [-0.2, -0.15) is 0 Å². The summed E-state index contributed by atoms with van der Waals surface area (Å²) in [6.45, 7) is 0. The van der Waals surface area contributed by atoms with Crippen LogP contribution in [-0.2, 0) is 0 Å². The number of amides is 1. The number of nitrogens with one attached hydrogen (secondary N) is 1. The molecule has 0 aliphatic heterocycles. The highest BCUT2D eigenvalue weighted by Gasteiger charge is 2.23. The summed E-state index contributed by atoms with van der Waals surface area (Å²) in [5.41, 5.74) is 6.90. The van der Waals surface area contributed by atoms with Crippen molar-refractivity contribution in [3.63, 3.8) is 0 Å². The van der Waals surface area contributed by atoms with Crippen LogP contribution in [0.5, 0.6) is 5.75 Å². The van der Waals surface area contributed by atoms with Crippen LogP contribution in [0.1, 0.15) is 36.0 Å². The van der Waals surface area contributed by atoms with Gasteiger partial charge in [0.2, 0.25) is 0 Å². The highest BCUT2D eigenvalue weighted by molar-refractivity contribution is 5.95. The molecule has 1 saturated carbocycles. The first kappa shape index (κ1) is 15.6. The molecule has 0 bridgehead atoms. The van der Waals surface area contributed by atoms with Gasteiger partial charge >= 0.3 is 0 Å². The first-order valence-corrected chi connectivity index (χ1v) is 7.42.